The number of aliphatic hydroxyl groups is 1. The minimum absolute atomic E-state index is 0.000326. The van der Waals surface area contributed by atoms with Gasteiger partial charge in [-0.05, 0) is 30.9 Å². The summed E-state index contributed by atoms with van der Waals surface area (Å²) >= 11 is 0. The predicted molar refractivity (Wildman–Crippen MR) is 148 cm³/mol. The van der Waals surface area contributed by atoms with Crippen molar-refractivity contribution in [2.24, 2.45) is 0 Å². The highest BCUT2D eigenvalue weighted by atomic mass is 16.5. The summed E-state index contributed by atoms with van der Waals surface area (Å²) in [6, 6.07) is 5.06. The van der Waals surface area contributed by atoms with E-state index >= 15 is 0 Å². The van der Waals surface area contributed by atoms with E-state index < -0.39 is 35.8 Å². The molecule has 6 rings (SSSR count). The second-order valence-corrected chi connectivity index (χ2v) is 11.5. The highest BCUT2D eigenvalue weighted by Gasteiger charge is 2.66. The first-order chi connectivity index (χ1) is 19.5. The Morgan fingerprint density at radius 1 is 1.22 bits per heavy atom. The molecule has 5 atom stereocenters. The normalized spacial score (nSPS) is 29.1. The molecule has 4 aliphatic heterocycles. The van der Waals surface area contributed by atoms with Crippen molar-refractivity contribution in [1.82, 2.24) is 41.5 Å². The SMILES string of the molecule is Cc1nccc(C(=O)NC[C@@H]2NC(=N)N3CC(NC(=O)c4cccc5c4OCCC5(C)C)[C@@H](O)C34NC(=N)NC24)n1. The number of carbonyl (C=O) groups excluding carboxylic acids is 2. The van der Waals surface area contributed by atoms with Crippen LogP contribution in [0.15, 0.2) is 30.5 Å². The summed E-state index contributed by atoms with van der Waals surface area (Å²) in [5, 5.41) is 43.7. The minimum atomic E-state index is -1.30. The largest absolute Gasteiger partial charge is 0.492 e. The summed E-state index contributed by atoms with van der Waals surface area (Å²) < 4.78 is 5.92. The molecule has 1 aromatic heterocycles. The Balaban J connectivity index is 1.22. The molecule has 14 nitrogen and oxygen atoms in total. The fourth-order valence-electron chi connectivity index (χ4n) is 6.37. The van der Waals surface area contributed by atoms with Crippen LogP contribution in [0.2, 0.25) is 0 Å². The van der Waals surface area contributed by atoms with E-state index in [0.717, 1.165) is 12.0 Å². The summed E-state index contributed by atoms with van der Waals surface area (Å²) in [4.78, 5) is 36.1. The van der Waals surface area contributed by atoms with Crippen LogP contribution in [0.3, 0.4) is 0 Å². The number of aliphatic hydroxyl groups excluding tert-OH is 1. The lowest BCUT2D eigenvalue weighted by molar-refractivity contribution is 0.00611. The van der Waals surface area contributed by atoms with Crippen LogP contribution < -0.4 is 31.3 Å². The number of nitrogens with one attached hydrogen (secondary N) is 7. The average molecular weight is 563 g/mol. The van der Waals surface area contributed by atoms with E-state index in [1.165, 1.54) is 12.3 Å². The molecule has 0 radical (unpaired) electrons. The summed E-state index contributed by atoms with van der Waals surface area (Å²) in [5.74, 6) is 0.191. The maximum atomic E-state index is 13.5. The number of aryl methyl sites for hydroxylation is 1. The minimum Gasteiger partial charge on any atom is -0.492 e. The zero-order valence-corrected chi connectivity index (χ0v) is 23.0. The summed E-state index contributed by atoms with van der Waals surface area (Å²) in [7, 11) is 0. The third kappa shape index (κ3) is 4.29. The lowest BCUT2D eigenvalue weighted by atomic mass is 9.79. The second kappa shape index (κ2) is 9.58. The van der Waals surface area contributed by atoms with Crippen LogP contribution in [-0.4, -0.2) is 93.3 Å². The van der Waals surface area contributed by atoms with Crippen molar-refractivity contribution < 1.29 is 19.4 Å². The second-order valence-electron chi connectivity index (χ2n) is 11.5. The van der Waals surface area contributed by atoms with E-state index in [1.54, 1.807) is 17.9 Å². The van der Waals surface area contributed by atoms with Crippen LogP contribution in [-0.2, 0) is 5.41 Å². The smallest absolute Gasteiger partial charge is 0.270 e. The van der Waals surface area contributed by atoms with Crippen LogP contribution in [0.5, 0.6) is 5.75 Å². The molecule has 3 unspecified atom stereocenters. The van der Waals surface area contributed by atoms with Crippen LogP contribution in [0.1, 0.15) is 52.5 Å². The molecule has 14 heteroatoms. The number of fused-ring (bicyclic) bond motifs is 1. The van der Waals surface area contributed by atoms with E-state index in [1.807, 2.05) is 12.1 Å². The topological polar surface area (TPSA) is 200 Å². The number of amides is 2. The van der Waals surface area contributed by atoms with Crippen LogP contribution >= 0.6 is 0 Å². The number of guanidine groups is 2. The molecule has 8 N–H and O–H groups in total. The monoisotopic (exact) mass is 562 g/mol. The number of rotatable bonds is 5. The van der Waals surface area contributed by atoms with Gasteiger partial charge in [-0.3, -0.25) is 20.4 Å². The third-order valence-corrected chi connectivity index (χ3v) is 8.52. The van der Waals surface area contributed by atoms with Gasteiger partial charge < -0.3 is 41.3 Å². The molecule has 3 fully saturated rings. The van der Waals surface area contributed by atoms with Gasteiger partial charge in [0.15, 0.2) is 17.6 Å². The molecule has 0 aliphatic carbocycles. The van der Waals surface area contributed by atoms with Gasteiger partial charge in [-0.25, -0.2) is 9.97 Å². The fraction of sp³-hybridized carbons (Fsp3) is 0.481. The summed E-state index contributed by atoms with van der Waals surface area (Å²) in [5.41, 5.74) is 0.125. The van der Waals surface area contributed by atoms with E-state index in [2.05, 4.69) is 50.4 Å². The first-order valence-corrected chi connectivity index (χ1v) is 13.6. The lowest BCUT2D eigenvalue weighted by Crippen LogP contribution is -2.78. The number of nitrogens with zero attached hydrogens (tertiary/aromatic N) is 3. The number of carbonyl (C=O) groups is 2. The number of hydrogen-bond donors (Lipinski definition) is 8. The van der Waals surface area contributed by atoms with Gasteiger partial charge in [-0.2, -0.15) is 0 Å². The van der Waals surface area contributed by atoms with Gasteiger partial charge in [-0.1, -0.05) is 26.0 Å². The number of aromatic nitrogens is 2. The maximum Gasteiger partial charge on any atom is 0.270 e. The van der Waals surface area contributed by atoms with Gasteiger partial charge in [0.05, 0.1) is 30.3 Å². The average Bonchev–Trinajstić information content (AvgIpc) is 3.43. The van der Waals surface area contributed by atoms with Crippen LogP contribution in [0.4, 0.5) is 0 Å². The molecular formula is C27H34N10O4. The number of para-hydroxylation sites is 1. The van der Waals surface area contributed by atoms with Gasteiger partial charge in [0.2, 0.25) is 0 Å². The van der Waals surface area contributed by atoms with Crippen molar-refractivity contribution in [3.8, 4) is 5.75 Å². The van der Waals surface area contributed by atoms with E-state index in [-0.39, 0.29) is 42.0 Å². The van der Waals surface area contributed by atoms with Crippen molar-refractivity contribution in [1.29, 1.82) is 10.8 Å². The fourth-order valence-corrected chi connectivity index (χ4v) is 6.37. The molecule has 2 aromatic rings. The predicted octanol–water partition coefficient (Wildman–Crippen LogP) is -0.851. The van der Waals surface area contributed by atoms with Crippen molar-refractivity contribution >= 4 is 23.7 Å². The lowest BCUT2D eigenvalue weighted by Gasteiger charge is -2.49. The van der Waals surface area contributed by atoms with Gasteiger partial charge in [0.25, 0.3) is 11.8 Å². The number of hydrogen-bond acceptors (Lipinski definition) is 8. The highest BCUT2D eigenvalue weighted by molar-refractivity contribution is 5.98. The van der Waals surface area contributed by atoms with Crippen molar-refractivity contribution in [2.75, 3.05) is 19.7 Å². The van der Waals surface area contributed by atoms with Gasteiger partial charge >= 0.3 is 0 Å². The Hall–Kier alpha value is -4.46. The molecule has 5 heterocycles. The van der Waals surface area contributed by atoms with E-state index in [4.69, 9.17) is 15.6 Å². The van der Waals surface area contributed by atoms with Gasteiger partial charge in [-0.15, -0.1) is 0 Å². The Bertz CT molecular complexity index is 1450. The van der Waals surface area contributed by atoms with Gasteiger partial charge in [0, 0.05) is 24.8 Å². The molecule has 0 bridgehead atoms. The Labute approximate surface area is 236 Å². The summed E-state index contributed by atoms with van der Waals surface area (Å²) in [6.45, 7) is 6.64. The van der Waals surface area contributed by atoms with Crippen LogP contribution in [0, 0.1) is 17.7 Å². The molecule has 4 aliphatic rings. The quantitative estimate of drug-likeness (QED) is 0.227. The highest BCUT2D eigenvalue weighted by Crippen LogP contribution is 2.41. The zero-order valence-electron chi connectivity index (χ0n) is 23.0. The molecule has 0 saturated carbocycles. The summed E-state index contributed by atoms with van der Waals surface area (Å²) in [6.07, 6.45) is 1.14. The van der Waals surface area contributed by atoms with Crippen molar-refractivity contribution in [2.45, 2.75) is 62.5 Å². The molecule has 41 heavy (non-hydrogen) atoms. The first kappa shape index (κ1) is 26.7. The third-order valence-electron chi connectivity index (χ3n) is 8.52. The zero-order chi connectivity index (χ0) is 29.1. The van der Waals surface area contributed by atoms with Gasteiger partial charge in [0.1, 0.15) is 23.4 Å². The molecule has 3 saturated heterocycles. The Morgan fingerprint density at radius 2 is 2.02 bits per heavy atom. The van der Waals surface area contributed by atoms with Crippen LogP contribution in [0.25, 0.3) is 0 Å². The van der Waals surface area contributed by atoms with Crippen molar-refractivity contribution in [3.05, 3.63) is 53.1 Å². The first-order valence-electron chi connectivity index (χ1n) is 13.6. The standard InChI is InChI=1S/C27H34N10O4/c1-13-30-9-7-16(32-13)23(40)31-11-17-20-27(36-24(28)35-20)21(38)18(12-37(27)25(29)34-17)33-22(39)14-5-4-6-15-19(14)41-10-8-26(15,2)3/h4-7,9,17-18,20-21,38H,8,10-12H2,1-3H3,(H2,29,34)(H,31,40)(H,33,39)(H3,28,35,36)/t17-,18?,20?,21+,27?/m0/s1. The maximum absolute atomic E-state index is 13.5. The van der Waals surface area contributed by atoms with E-state index in [9.17, 15) is 14.7 Å². The molecule has 216 valence electrons. The Kier molecular flexibility index (Phi) is 6.25. The van der Waals surface area contributed by atoms with E-state index in [0.29, 0.717) is 23.7 Å². The Morgan fingerprint density at radius 3 is 2.80 bits per heavy atom. The van der Waals surface area contributed by atoms with Crippen molar-refractivity contribution in [3.63, 3.8) is 0 Å². The number of ether oxygens (including phenoxy) is 1. The molecule has 1 spiro atoms. The molecular weight excluding hydrogens is 528 g/mol. The number of benzene rings is 1. The molecule has 2 amide bonds. The molecule has 1 aromatic carbocycles.